The first-order chi connectivity index (χ1) is 21.3. The van der Waals surface area contributed by atoms with Crippen LogP contribution in [0.15, 0.2) is 41.6 Å². The average Bonchev–Trinajstić information content (AvgIpc) is 3.00. The Balaban J connectivity index is 1.59. The van der Waals surface area contributed by atoms with E-state index in [-0.39, 0.29) is 36.0 Å². The van der Waals surface area contributed by atoms with Crippen molar-refractivity contribution in [3.8, 4) is 5.88 Å². The summed E-state index contributed by atoms with van der Waals surface area (Å²) in [5, 5.41) is 2.29. The Bertz CT molecular complexity index is 1680. The van der Waals surface area contributed by atoms with Gasteiger partial charge in [0.25, 0.3) is 5.91 Å². The molecule has 2 atom stereocenters. The first-order valence-electron chi connectivity index (χ1n) is 14.2. The van der Waals surface area contributed by atoms with Crippen molar-refractivity contribution in [2.24, 2.45) is 0 Å². The highest BCUT2D eigenvalue weighted by Crippen LogP contribution is 2.40. The molecule has 1 amide bonds. The molecule has 0 bridgehead atoms. The van der Waals surface area contributed by atoms with Crippen molar-refractivity contribution < 1.29 is 31.5 Å². The van der Waals surface area contributed by atoms with Crippen LogP contribution in [0.2, 0.25) is 0 Å². The molecule has 10 nitrogen and oxygen atoms in total. The summed E-state index contributed by atoms with van der Waals surface area (Å²) in [5.74, 6) is -2.58. The Morgan fingerprint density at radius 1 is 1.09 bits per heavy atom. The van der Waals surface area contributed by atoms with Gasteiger partial charge in [-0.1, -0.05) is 6.08 Å². The van der Waals surface area contributed by atoms with Gasteiger partial charge in [0, 0.05) is 62.7 Å². The highest BCUT2D eigenvalue weighted by molar-refractivity contribution is 6.07. The highest BCUT2D eigenvalue weighted by atomic mass is 19.4. The van der Waals surface area contributed by atoms with Gasteiger partial charge in [-0.3, -0.25) is 14.5 Å². The number of nitrogens with zero attached hydrogens (tertiary/aromatic N) is 5. The average molecular weight is 634 g/mol. The van der Waals surface area contributed by atoms with Crippen LogP contribution in [0.25, 0.3) is 5.57 Å². The molecule has 0 radical (unpaired) electrons. The third-order valence-electron chi connectivity index (χ3n) is 8.24. The second-order valence-electron chi connectivity index (χ2n) is 11.1. The smallest absolute Gasteiger partial charge is 0.417 e. The topological polar surface area (TPSA) is 107 Å². The molecule has 2 aliphatic heterocycles. The van der Waals surface area contributed by atoms with Gasteiger partial charge in [0.15, 0.2) is 5.82 Å². The van der Waals surface area contributed by atoms with E-state index in [9.17, 15) is 22.8 Å². The summed E-state index contributed by atoms with van der Waals surface area (Å²) in [6.07, 6.45) is -1.03. The monoisotopic (exact) mass is 633 g/mol. The van der Waals surface area contributed by atoms with Crippen molar-refractivity contribution in [1.29, 1.82) is 0 Å². The van der Waals surface area contributed by atoms with Gasteiger partial charge >= 0.3 is 6.18 Å². The number of carbonyl (C=O) groups is 1. The van der Waals surface area contributed by atoms with Crippen LogP contribution in [0.4, 0.5) is 39.1 Å². The fraction of sp³-hybridized carbons (Fsp3) is 0.400. The Labute approximate surface area is 255 Å². The second-order valence-corrected chi connectivity index (χ2v) is 11.1. The van der Waals surface area contributed by atoms with E-state index in [2.05, 4.69) is 25.2 Å². The van der Waals surface area contributed by atoms with Crippen molar-refractivity contribution in [2.45, 2.75) is 38.5 Å². The van der Waals surface area contributed by atoms with Gasteiger partial charge in [-0.05, 0) is 32.9 Å². The van der Waals surface area contributed by atoms with Gasteiger partial charge in [-0.15, -0.1) is 0 Å². The summed E-state index contributed by atoms with van der Waals surface area (Å²) in [6, 6.07) is 2.86. The molecule has 4 heterocycles. The van der Waals surface area contributed by atoms with E-state index in [1.165, 1.54) is 13.4 Å². The predicted molar refractivity (Wildman–Crippen MR) is 159 cm³/mol. The number of nitrogens with one attached hydrogen (secondary N) is 2. The number of anilines is 3. The third-order valence-corrected chi connectivity index (χ3v) is 8.24. The van der Waals surface area contributed by atoms with Gasteiger partial charge in [0.1, 0.15) is 23.6 Å². The summed E-state index contributed by atoms with van der Waals surface area (Å²) in [5.41, 5.74) is -4.11. The lowest BCUT2D eigenvalue weighted by atomic mass is 9.97. The highest BCUT2D eigenvalue weighted by Gasteiger charge is 2.37. The zero-order valence-electron chi connectivity index (χ0n) is 25.0. The maximum atomic E-state index is 16.7. The minimum absolute atomic E-state index is 0.0133. The van der Waals surface area contributed by atoms with Crippen LogP contribution >= 0.6 is 0 Å². The molecule has 2 aliphatic rings. The predicted octanol–water partition coefficient (Wildman–Crippen LogP) is 4.55. The molecule has 15 heteroatoms. The van der Waals surface area contributed by atoms with Crippen LogP contribution in [-0.4, -0.2) is 78.2 Å². The fourth-order valence-electron chi connectivity index (χ4n) is 5.68. The van der Waals surface area contributed by atoms with E-state index >= 15 is 8.78 Å². The van der Waals surface area contributed by atoms with Crippen molar-refractivity contribution >= 4 is 28.7 Å². The number of aromatic nitrogens is 3. The number of rotatable bonds is 6. The molecule has 0 aliphatic carbocycles. The summed E-state index contributed by atoms with van der Waals surface area (Å²) >= 11 is 0. The van der Waals surface area contributed by atoms with Gasteiger partial charge in [0.05, 0.1) is 29.5 Å². The van der Waals surface area contributed by atoms with Gasteiger partial charge in [0.2, 0.25) is 11.4 Å². The molecule has 2 aromatic heterocycles. The number of ether oxygens (including phenoxy) is 1. The fourth-order valence-corrected chi connectivity index (χ4v) is 5.68. The number of hydrogen-bond acceptors (Lipinski definition) is 8. The van der Waals surface area contributed by atoms with Gasteiger partial charge in [-0.25, -0.2) is 18.7 Å². The Morgan fingerprint density at radius 3 is 2.47 bits per heavy atom. The lowest BCUT2D eigenvalue weighted by Crippen LogP contribution is -2.55. The van der Waals surface area contributed by atoms with E-state index < -0.39 is 51.7 Å². The molecule has 0 saturated carbocycles. The molecule has 45 heavy (non-hydrogen) atoms. The van der Waals surface area contributed by atoms with Crippen LogP contribution in [0.3, 0.4) is 0 Å². The van der Waals surface area contributed by atoms with Crippen LogP contribution in [0, 0.1) is 11.6 Å². The summed E-state index contributed by atoms with van der Waals surface area (Å²) in [7, 11) is 3.37. The largest absolute Gasteiger partial charge is 0.481 e. The number of methoxy groups -OCH3 is 1. The summed E-state index contributed by atoms with van der Waals surface area (Å²) in [4.78, 5) is 40.9. The normalized spacial score (nSPS) is 19.4. The number of pyridine rings is 1. The molecule has 0 unspecified atom stereocenters. The number of carbonyl (C=O) groups excluding carboxylic acids is 1. The zero-order chi connectivity index (χ0) is 32.6. The lowest BCUT2D eigenvalue weighted by Gasteiger charge is -2.44. The number of H-pyrrole nitrogens is 1. The molecule has 1 saturated heterocycles. The molecule has 2 N–H and O–H groups in total. The number of benzene rings is 1. The van der Waals surface area contributed by atoms with Crippen LogP contribution in [0.5, 0.6) is 5.88 Å². The van der Waals surface area contributed by atoms with Crippen LogP contribution < -0.4 is 25.4 Å². The second kappa shape index (κ2) is 12.5. The molecular formula is C30H32F5N7O3. The molecule has 1 fully saturated rings. The Kier molecular flexibility index (Phi) is 8.83. The zero-order valence-corrected chi connectivity index (χ0v) is 25.0. The number of alkyl halides is 3. The van der Waals surface area contributed by atoms with Crippen LogP contribution in [-0.2, 0) is 6.18 Å². The number of amides is 1. The summed E-state index contributed by atoms with van der Waals surface area (Å²) in [6.45, 7) is 5.06. The number of piperazine rings is 1. The third kappa shape index (κ3) is 6.48. The Hall–Kier alpha value is -4.53. The standard InChI is InChI=1S/C30H32F5N7O3/c1-16-12-42(13-17(2)40(16)3)22-9-21(31)26(18-6-5-7-41(14-18)23-10-25(45-4)38-15-37-23)27(32)28(22)39-29(44)19-11-36-24(43)8-20(19)30(33,34)35/h6,8-11,15-17H,5,7,12-14H2,1-4H3,(H,36,43)(H,39,44)/t16-,17+. The Morgan fingerprint density at radius 2 is 1.80 bits per heavy atom. The quantitative estimate of drug-likeness (QED) is 0.381. The van der Waals surface area contributed by atoms with Crippen molar-refractivity contribution in [1.82, 2.24) is 19.9 Å². The molecular weight excluding hydrogens is 601 g/mol. The molecule has 3 aromatic rings. The van der Waals surface area contributed by atoms with E-state index in [0.29, 0.717) is 43.9 Å². The van der Waals surface area contributed by atoms with Gasteiger partial charge in [-0.2, -0.15) is 13.2 Å². The number of hydrogen-bond donors (Lipinski definition) is 2. The van der Waals surface area contributed by atoms with Crippen molar-refractivity contribution in [3.05, 3.63) is 75.5 Å². The molecule has 240 valence electrons. The molecule has 0 spiro atoms. The minimum atomic E-state index is -5.04. The first-order valence-corrected chi connectivity index (χ1v) is 14.2. The summed E-state index contributed by atoms with van der Waals surface area (Å²) < 4.78 is 79.2. The van der Waals surface area contributed by atoms with E-state index in [4.69, 9.17) is 4.74 Å². The first kappa shape index (κ1) is 31.9. The van der Waals surface area contributed by atoms with Gasteiger partial charge < -0.3 is 24.8 Å². The maximum Gasteiger partial charge on any atom is 0.417 e. The number of aromatic amines is 1. The number of likely N-dealkylation sites (N-methyl/N-ethyl adjacent to an activating group) is 1. The maximum absolute atomic E-state index is 16.7. The SMILES string of the molecule is COc1cc(N2CCC=C(c3c(F)cc(N4C[C@@H](C)N(C)[C@@H](C)C4)c(NC(=O)c4c[nH]c(=O)cc4C(F)(F)F)c3F)C2)ncn1. The molecule has 1 aromatic carbocycles. The van der Waals surface area contributed by atoms with Crippen molar-refractivity contribution in [2.75, 3.05) is 55.5 Å². The number of halogens is 5. The van der Waals surface area contributed by atoms with Crippen LogP contribution in [0.1, 0.15) is 41.8 Å². The molecule has 5 rings (SSSR count). The van der Waals surface area contributed by atoms with Crippen molar-refractivity contribution in [3.63, 3.8) is 0 Å². The van der Waals surface area contributed by atoms with E-state index in [0.717, 1.165) is 6.07 Å². The van der Waals surface area contributed by atoms with E-state index in [1.54, 1.807) is 21.9 Å². The lowest BCUT2D eigenvalue weighted by molar-refractivity contribution is -0.138. The van der Waals surface area contributed by atoms with E-state index in [1.807, 2.05) is 20.9 Å². The minimum Gasteiger partial charge on any atom is -0.481 e.